The van der Waals surface area contributed by atoms with Gasteiger partial charge in [-0.1, -0.05) is 48.5 Å². The minimum absolute atomic E-state index is 0.144. The van der Waals surface area contributed by atoms with E-state index in [2.05, 4.69) is 10.6 Å². The molecule has 3 aromatic carbocycles. The van der Waals surface area contributed by atoms with Crippen molar-refractivity contribution >= 4 is 23.7 Å². The van der Waals surface area contributed by atoms with Crippen LogP contribution in [0.15, 0.2) is 78.9 Å². The van der Waals surface area contributed by atoms with E-state index in [0.717, 1.165) is 16.9 Å². The Morgan fingerprint density at radius 3 is 2.31 bits per heavy atom. The van der Waals surface area contributed by atoms with E-state index in [1.807, 2.05) is 54.6 Å². The fraction of sp³-hybridized carbons (Fsp3) is 0.179. The zero-order valence-electron chi connectivity index (χ0n) is 19.8. The number of methoxy groups -OCH3 is 1. The largest absolute Gasteiger partial charge is 0.504 e. The third kappa shape index (κ3) is 7.73. The first kappa shape index (κ1) is 26.0. The number of carbonyl (C=O) groups is 3. The van der Waals surface area contributed by atoms with Crippen molar-refractivity contribution in [3.05, 3.63) is 95.6 Å². The fourth-order valence-corrected chi connectivity index (χ4v) is 3.45. The van der Waals surface area contributed by atoms with Crippen molar-refractivity contribution < 1.29 is 29.3 Å². The third-order valence-electron chi connectivity index (χ3n) is 5.42. The molecule has 0 aromatic heterocycles. The van der Waals surface area contributed by atoms with Gasteiger partial charge in [0.15, 0.2) is 11.5 Å². The molecule has 36 heavy (non-hydrogen) atoms. The maximum absolute atomic E-state index is 12.9. The second-order valence-electron chi connectivity index (χ2n) is 8.05. The van der Waals surface area contributed by atoms with Crippen molar-refractivity contribution in [1.82, 2.24) is 10.6 Å². The molecule has 0 aliphatic heterocycles. The number of ketones is 1. The van der Waals surface area contributed by atoms with Crippen LogP contribution in [0.2, 0.25) is 0 Å². The molecule has 8 heteroatoms. The van der Waals surface area contributed by atoms with Crippen molar-refractivity contribution in [3.63, 3.8) is 0 Å². The van der Waals surface area contributed by atoms with E-state index in [4.69, 9.17) is 4.74 Å². The minimum atomic E-state index is -1.07. The molecule has 3 aromatic rings. The van der Waals surface area contributed by atoms with Gasteiger partial charge < -0.3 is 25.6 Å². The van der Waals surface area contributed by atoms with Crippen LogP contribution in [0, 0.1) is 0 Å². The van der Waals surface area contributed by atoms with Crippen LogP contribution in [-0.2, 0) is 27.2 Å². The first-order valence-corrected chi connectivity index (χ1v) is 11.3. The van der Waals surface area contributed by atoms with Crippen LogP contribution in [0.5, 0.6) is 17.2 Å². The van der Waals surface area contributed by atoms with Gasteiger partial charge in [-0.2, -0.15) is 0 Å². The molecule has 8 nitrogen and oxygen atoms in total. The molecule has 0 saturated heterocycles. The van der Waals surface area contributed by atoms with E-state index < -0.39 is 23.6 Å². The molecule has 0 saturated carbocycles. The van der Waals surface area contributed by atoms with Gasteiger partial charge in [0.1, 0.15) is 11.8 Å². The highest BCUT2D eigenvalue weighted by Gasteiger charge is 2.26. The van der Waals surface area contributed by atoms with E-state index >= 15 is 0 Å². The predicted molar refractivity (Wildman–Crippen MR) is 136 cm³/mol. The molecule has 0 bridgehead atoms. The Kier molecular flexibility index (Phi) is 9.22. The van der Waals surface area contributed by atoms with Crippen molar-refractivity contribution in [2.45, 2.75) is 18.9 Å². The zero-order chi connectivity index (χ0) is 25.9. The van der Waals surface area contributed by atoms with Gasteiger partial charge in [-0.3, -0.25) is 14.4 Å². The second kappa shape index (κ2) is 12.8. The predicted octanol–water partition coefficient (Wildman–Crippen LogP) is 2.78. The number of rotatable bonds is 11. The standard InChI is InChI=1S/C28H28N2O6/c1-36-22-11-7-19(8-12-22)15-16-29-28(35)27(34)23(17-20-5-3-2-4-6-20)30-26(33)14-10-21-9-13-24(31)25(32)18-21/h2-14,18,23,31-32H,15-17H2,1H3,(H,29,35)(H,30,33)/b14-10+. The van der Waals surface area contributed by atoms with Gasteiger partial charge in [0, 0.05) is 19.0 Å². The maximum Gasteiger partial charge on any atom is 0.289 e. The van der Waals surface area contributed by atoms with Gasteiger partial charge in [0.2, 0.25) is 11.7 Å². The Morgan fingerprint density at radius 1 is 0.917 bits per heavy atom. The Labute approximate surface area is 209 Å². The number of hydrogen-bond donors (Lipinski definition) is 4. The summed E-state index contributed by atoms with van der Waals surface area (Å²) in [4.78, 5) is 38.1. The van der Waals surface area contributed by atoms with Gasteiger partial charge in [0.05, 0.1) is 7.11 Å². The van der Waals surface area contributed by atoms with E-state index in [9.17, 15) is 24.6 Å². The fourth-order valence-electron chi connectivity index (χ4n) is 3.45. The Balaban J connectivity index is 1.63. The van der Waals surface area contributed by atoms with E-state index in [1.165, 1.54) is 30.4 Å². The van der Waals surface area contributed by atoms with Gasteiger partial charge in [-0.25, -0.2) is 0 Å². The van der Waals surface area contributed by atoms with E-state index in [-0.39, 0.29) is 24.5 Å². The molecule has 3 rings (SSSR count). The number of amides is 2. The highest BCUT2D eigenvalue weighted by molar-refractivity contribution is 6.38. The van der Waals surface area contributed by atoms with Crippen LogP contribution in [0.1, 0.15) is 16.7 Å². The number of Topliss-reactive ketones (excluding diaryl/α,β-unsaturated/α-hetero) is 1. The number of ether oxygens (including phenoxy) is 1. The molecule has 0 aliphatic rings. The topological polar surface area (TPSA) is 125 Å². The number of hydrogen-bond acceptors (Lipinski definition) is 6. The average Bonchev–Trinajstić information content (AvgIpc) is 2.89. The average molecular weight is 489 g/mol. The molecule has 0 radical (unpaired) electrons. The Morgan fingerprint density at radius 2 is 1.64 bits per heavy atom. The molecule has 1 unspecified atom stereocenters. The number of phenols is 2. The number of carbonyl (C=O) groups excluding carboxylic acids is 3. The molecule has 1 atom stereocenters. The number of aromatic hydroxyl groups is 2. The summed E-state index contributed by atoms with van der Waals surface area (Å²) in [5.74, 6) is -1.98. The van der Waals surface area contributed by atoms with Crippen molar-refractivity contribution in [1.29, 1.82) is 0 Å². The molecule has 4 N–H and O–H groups in total. The number of nitrogens with one attached hydrogen (secondary N) is 2. The maximum atomic E-state index is 12.9. The summed E-state index contributed by atoms with van der Waals surface area (Å²) in [6.07, 6.45) is 3.29. The third-order valence-corrected chi connectivity index (χ3v) is 5.42. The summed E-state index contributed by atoms with van der Waals surface area (Å²) in [6.45, 7) is 0.257. The van der Waals surface area contributed by atoms with Crippen molar-refractivity contribution in [3.8, 4) is 17.2 Å². The highest BCUT2D eigenvalue weighted by atomic mass is 16.5. The first-order chi connectivity index (χ1) is 17.4. The van der Waals surface area contributed by atoms with E-state index in [0.29, 0.717) is 12.0 Å². The van der Waals surface area contributed by atoms with Crippen molar-refractivity contribution in [2.24, 2.45) is 0 Å². The Bertz CT molecular complexity index is 1220. The second-order valence-corrected chi connectivity index (χ2v) is 8.05. The molecule has 0 heterocycles. The normalized spacial score (nSPS) is 11.6. The molecule has 2 amide bonds. The number of benzene rings is 3. The zero-order valence-corrected chi connectivity index (χ0v) is 19.8. The number of phenolic OH excluding ortho intramolecular Hbond substituents is 2. The molecular weight excluding hydrogens is 460 g/mol. The summed E-state index contributed by atoms with van der Waals surface area (Å²) < 4.78 is 5.13. The van der Waals surface area contributed by atoms with Crippen LogP contribution in [-0.4, -0.2) is 47.5 Å². The minimum Gasteiger partial charge on any atom is -0.504 e. The molecule has 186 valence electrons. The first-order valence-electron chi connectivity index (χ1n) is 11.3. The lowest BCUT2D eigenvalue weighted by atomic mass is 10.0. The quantitative estimate of drug-likeness (QED) is 0.187. The summed E-state index contributed by atoms with van der Waals surface area (Å²) in [5.41, 5.74) is 2.24. The Hall–Kier alpha value is -4.59. The molecular formula is C28H28N2O6. The lowest BCUT2D eigenvalue weighted by molar-refractivity contribution is -0.139. The monoisotopic (exact) mass is 488 g/mol. The van der Waals surface area contributed by atoms with E-state index in [1.54, 1.807) is 7.11 Å². The van der Waals surface area contributed by atoms with Gasteiger partial charge in [-0.15, -0.1) is 0 Å². The lowest BCUT2D eigenvalue weighted by Gasteiger charge is -2.17. The SMILES string of the molecule is COc1ccc(CCNC(=O)C(=O)C(Cc2ccccc2)NC(=O)/C=C/c2ccc(O)c(O)c2)cc1. The van der Waals surface area contributed by atoms with Crippen LogP contribution < -0.4 is 15.4 Å². The summed E-state index contributed by atoms with van der Waals surface area (Å²) in [6, 6.07) is 19.5. The summed E-state index contributed by atoms with van der Waals surface area (Å²) in [7, 11) is 1.58. The van der Waals surface area contributed by atoms with Crippen molar-refractivity contribution in [2.75, 3.05) is 13.7 Å². The van der Waals surface area contributed by atoms with Gasteiger partial charge in [0.25, 0.3) is 5.91 Å². The summed E-state index contributed by atoms with van der Waals surface area (Å²) >= 11 is 0. The molecule has 0 aliphatic carbocycles. The van der Waals surface area contributed by atoms with Gasteiger partial charge in [-0.05, 0) is 53.5 Å². The molecule has 0 fully saturated rings. The van der Waals surface area contributed by atoms with Crippen LogP contribution in [0.4, 0.5) is 0 Å². The molecule has 0 spiro atoms. The van der Waals surface area contributed by atoms with Crippen LogP contribution in [0.3, 0.4) is 0 Å². The highest BCUT2D eigenvalue weighted by Crippen LogP contribution is 2.25. The lowest BCUT2D eigenvalue weighted by Crippen LogP contribution is -2.48. The van der Waals surface area contributed by atoms with Crippen LogP contribution in [0.25, 0.3) is 6.08 Å². The summed E-state index contributed by atoms with van der Waals surface area (Å²) in [5, 5.41) is 24.2. The van der Waals surface area contributed by atoms with Gasteiger partial charge >= 0.3 is 0 Å². The van der Waals surface area contributed by atoms with Crippen LogP contribution >= 0.6 is 0 Å². The smallest absolute Gasteiger partial charge is 0.289 e.